The first kappa shape index (κ1) is 33.5. The predicted molar refractivity (Wildman–Crippen MR) is 149 cm³/mol. The molecule has 0 aromatic heterocycles. The molecule has 8 nitrogen and oxygen atoms in total. The summed E-state index contributed by atoms with van der Waals surface area (Å²) >= 11 is 0. The minimum absolute atomic E-state index is 0.0339. The summed E-state index contributed by atoms with van der Waals surface area (Å²) in [4.78, 5) is 36.7. The van der Waals surface area contributed by atoms with Crippen LogP contribution in [-0.4, -0.2) is 58.1 Å². The average molecular weight is 555 g/mol. The molecule has 0 radical (unpaired) electrons. The predicted octanol–water partition coefficient (Wildman–Crippen LogP) is 5.37. The van der Waals surface area contributed by atoms with E-state index >= 15 is 0 Å². The van der Waals surface area contributed by atoms with Gasteiger partial charge in [-0.2, -0.15) is 0 Å². The van der Waals surface area contributed by atoms with E-state index in [4.69, 9.17) is 14.6 Å². The number of carboxylic acid groups (broad SMARTS) is 1. The molecule has 39 heavy (non-hydrogen) atoms. The number of carboxylic acids is 1. The molecular formula is C31H54O8. The van der Waals surface area contributed by atoms with Gasteiger partial charge in [-0.05, 0) is 103 Å². The van der Waals surface area contributed by atoms with Crippen molar-refractivity contribution in [2.45, 2.75) is 131 Å². The van der Waals surface area contributed by atoms with Crippen molar-refractivity contribution in [3.63, 3.8) is 0 Å². The summed E-state index contributed by atoms with van der Waals surface area (Å²) in [5, 5.41) is 29.4. The molecule has 8 heteroatoms. The second-order valence-corrected chi connectivity index (χ2v) is 13.6. The summed E-state index contributed by atoms with van der Waals surface area (Å²) in [6.07, 6.45) is 3.69. The first-order valence-corrected chi connectivity index (χ1v) is 15.1. The fourth-order valence-electron chi connectivity index (χ4n) is 6.29. The Balaban J connectivity index is 2.19. The van der Waals surface area contributed by atoms with E-state index in [0.29, 0.717) is 44.1 Å². The van der Waals surface area contributed by atoms with Crippen LogP contribution in [0.4, 0.5) is 0 Å². The van der Waals surface area contributed by atoms with Crippen molar-refractivity contribution >= 4 is 17.9 Å². The molecule has 2 saturated carbocycles. The average Bonchev–Trinajstić information content (AvgIpc) is 2.85. The lowest BCUT2D eigenvalue weighted by Crippen LogP contribution is -2.49. The first-order valence-electron chi connectivity index (χ1n) is 15.1. The smallest absolute Gasteiger partial charge is 0.311 e. The van der Waals surface area contributed by atoms with Crippen LogP contribution in [-0.2, 0) is 23.9 Å². The molecule has 2 rings (SSSR count). The van der Waals surface area contributed by atoms with Gasteiger partial charge in [0.15, 0.2) is 0 Å². The van der Waals surface area contributed by atoms with E-state index in [1.54, 1.807) is 0 Å². The number of aliphatic carboxylic acids is 1. The lowest BCUT2D eigenvalue weighted by molar-refractivity contribution is -0.176. The normalized spacial score (nSPS) is 29.2. The highest BCUT2D eigenvalue weighted by Gasteiger charge is 2.48. The van der Waals surface area contributed by atoms with E-state index in [0.717, 1.165) is 25.7 Å². The van der Waals surface area contributed by atoms with Gasteiger partial charge in [0.25, 0.3) is 0 Å². The zero-order valence-electron chi connectivity index (χ0n) is 25.3. The number of hydrogen-bond donors (Lipinski definition) is 3. The van der Waals surface area contributed by atoms with Crippen LogP contribution in [0.5, 0.6) is 0 Å². The molecule has 0 unspecified atom stereocenters. The molecule has 226 valence electrons. The number of ether oxygens (including phenoxy) is 2. The summed E-state index contributed by atoms with van der Waals surface area (Å²) in [6.45, 7) is 14.1. The van der Waals surface area contributed by atoms with E-state index in [9.17, 15) is 24.6 Å². The van der Waals surface area contributed by atoms with Gasteiger partial charge in [-0.25, -0.2) is 0 Å². The molecule has 0 aliphatic heterocycles. The highest BCUT2D eigenvalue weighted by Crippen LogP contribution is 2.51. The van der Waals surface area contributed by atoms with Gasteiger partial charge in [0.05, 0.1) is 36.1 Å². The largest absolute Gasteiger partial charge is 0.481 e. The van der Waals surface area contributed by atoms with Gasteiger partial charge in [-0.3, -0.25) is 14.4 Å². The van der Waals surface area contributed by atoms with Crippen LogP contribution in [0.25, 0.3) is 0 Å². The van der Waals surface area contributed by atoms with E-state index in [1.807, 2.05) is 41.5 Å². The van der Waals surface area contributed by atoms with E-state index in [2.05, 4.69) is 6.92 Å². The Hall–Kier alpha value is -1.67. The number of aliphatic hydroxyl groups is 2. The van der Waals surface area contributed by atoms with Gasteiger partial charge in [0.2, 0.25) is 0 Å². The second kappa shape index (κ2) is 14.3. The fourth-order valence-corrected chi connectivity index (χ4v) is 6.29. The van der Waals surface area contributed by atoms with Gasteiger partial charge >= 0.3 is 17.9 Å². The topological polar surface area (TPSA) is 130 Å². The van der Waals surface area contributed by atoms with Crippen molar-refractivity contribution < 1.29 is 39.2 Å². The summed E-state index contributed by atoms with van der Waals surface area (Å²) in [5.74, 6) is -0.243. The molecule has 0 bridgehead atoms. The second-order valence-electron chi connectivity index (χ2n) is 13.6. The number of carbonyl (C=O) groups excluding carboxylic acids is 2. The van der Waals surface area contributed by atoms with Crippen molar-refractivity contribution in [3.8, 4) is 0 Å². The van der Waals surface area contributed by atoms with Gasteiger partial charge in [-0.15, -0.1) is 0 Å². The fraction of sp³-hybridized carbons (Fsp3) is 0.903. The number of hydrogen-bond acceptors (Lipinski definition) is 7. The lowest BCUT2D eigenvalue weighted by Gasteiger charge is -2.50. The zero-order chi connectivity index (χ0) is 29.5. The SMILES string of the molecule is CCC(C)(C)C(=O)OC[C@H]1C[C@@H]2CC[C@H](C)[C@H](CC[C@@H](O)C[C@@H](O)CC(=O)O)[C@@H]2[C@@H](OC(=O)C(C)(C)CC)C1. The van der Waals surface area contributed by atoms with Crippen molar-refractivity contribution in [2.75, 3.05) is 6.61 Å². The Labute approximate surface area is 235 Å². The van der Waals surface area contributed by atoms with Gasteiger partial charge in [0.1, 0.15) is 6.10 Å². The maximum absolute atomic E-state index is 13.2. The molecular weight excluding hydrogens is 500 g/mol. The third-order valence-electron chi connectivity index (χ3n) is 9.76. The van der Waals surface area contributed by atoms with Gasteiger partial charge < -0.3 is 24.8 Å². The van der Waals surface area contributed by atoms with Crippen molar-refractivity contribution in [2.24, 2.45) is 40.4 Å². The zero-order valence-corrected chi connectivity index (χ0v) is 25.3. The first-order chi connectivity index (χ1) is 18.1. The summed E-state index contributed by atoms with van der Waals surface area (Å²) in [7, 11) is 0. The maximum Gasteiger partial charge on any atom is 0.311 e. The summed E-state index contributed by atoms with van der Waals surface area (Å²) in [6, 6.07) is 0. The third-order valence-corrected chi connectivity index (χ3v) is 9.76. The molecule has 0 saturated heterocycles. The monoisotopic (exact) mass is 554 g/mol. The van der Waals surface area contributed by atoms with Crippen LogP contribution in [0.2, 0.25) is 0 Å². The van der Waals surface area contributed by atoms with Crippen LogP contribution < -0.4 is 0 Å². The Kier molecular flexibility index (Phi) is 12.3. The quantitative estimate of drug-likeness (QED) is 0.244. The van der Waals surface area contributed by atoms with Gasteiger partial charge in [0, 0.05) is 5.92 Å². The Bertz CT molecular complexity index is 821. The Morgan fingerprint density at radius 1 is 0.923 bits per heavy atom. The van der Waals surface area contributed by atoms with E-state index in [-0.39, 0.29) is 48.6 Å². The minimum Gasteiger partial charge on any atom is -0.481 e. The summed E-state index contributed by atoms with van der Waals surface area (Å²) < 4.78 is 12.1. The molecule has 0 amide bonds. The standard InChI is InChI=1S/C31H54O8/c1-8-30(4,5)28(36)38-18-20-14-21-11-10-19(3)24(13-12-22(32)16-23(33)17-26(34)35)27(21)25(15-20)39-29(37)31(6,7)9-2/h19-25,27,32-33H,8-18H2,1-7H3,(H,34,35)/t19-,20-,21-,22+,23+,24-,25-,27+/m0/s1. The lowest BCUT2D eigenvalue weighted by atomic mass is 9.58. The minimum atomic E-state index is -1.08. The van der Waals surface area contributed by atoms with Crippen molar-refractivity contribution in [1.29, 1.82) is 0 Å². The highest BCUT2D eigenvalue weighted by atomic mass is 16.5. The third kappa shape index (κ3) is 9.44. The molecule has 3 N–H and O–H groups in total. The molecule has 8 atom stereocenters. The van der Waals surface area contributed by atoms with Crippen LogP contribution in [0, 0.1) is 40.4 Å². The Morgan fingerprint density at radius 2 is 1.54 bits per heavy atom. The highest BCUT2D eigenvalue weighted by molar-refractivity contribution is 5.76. The van der Waals surface area contributed by atoms with E-state index < -0.39 is 29.0 Å². The van der Waals surface area contributed by atoms with Crippen LogP contribution in [0.1, 0.15) is 113 Å². The van der Waals surface area contributed by atoms with Crippen LogP contribution in [0.15, 0.2) is 0 Å². The molecule has 2 fully saturated rings. The van der Waals surface area contributed by atoms with Crippen LogP contribution >= 0.6 is 0 Å². The Morgan fingerprint density at radius 3 is 2.13 bits per heavy atom. The number of rotatable bonds is 14. The number of esters is 2. The number of fused-ring (bicyclic) bond motifs is 1. The van der Waals surface area contributed by atoms with Crippen LogP contribution in [0.3, 0.4) is 0 Å². The molecule has 2 aliphatic rings. The van der Waals surface area contributed by atoms with Crippen molar-refractivity contribution in [3.05, 3.63) is 0 Å². The van der Waals surface area contributed by atoms with E-state index in [1.165, 1.54) is 0 Å². The molecule has 0 aromatic rings. The molecule has 0 spiro atoms. The molecule has 2 aliphatic carbocycles. The van der Waals surface area contributed by atoms with Crippen molar-refractivity contribution in [1.82, 2.24) is 0 Å². The number of aliphatic hydroxyl groups excluding tert-OH is 2. The number of carbonyl (C=O) groups is 3. The molecule has 0 heterocycles. The van der Waals surface area contributed by atoms with Gasteiger partial charge in [-0.1, -0.05) is 27.2 Å². The molecule has 0 aromatic carbocycles. The summed E-state index contributed by atoms with van der Waals surface area (Å²) in [5.41, 5.74) is -1.12. The maximum atomic E-state index is 13.2.